The molecule has 3 aromatic heterocycles. The van der Waals surface area contributed by atoms with Crippen molar-refractivity contribution < 1.29 is 13.3 Å². The molecule has 0 spiro atoms. The molecule has 262 valence electrons. The highest BCUT2D eigenvalue weighted by Gasteiger charge is 2.24. The summed E-state index contributed by atoms with van der Waals surface area (Å²) < 4.78 is 19.8. The van der Waals surface area contributed by atoms with Crippen LogP contribution in [-0.4, -0.2) is 0 Å². The van der Waals surface area contributed by atoms with Crippen LogP contribution in [0.1, 0.15) is 0 Å². The first-order valence-corrected chi connectivity index (χ1v) is 18.9. The molecule has 12 rings (SSSR count). The molecule has 4 nitrogen and oxygen atoms in total. The van der Waals surface area contributed by atoms with Gasteiger partial charge in [0.2, 0.25) is 0 Å². The second kappa shape index (κ2) is 12.0. The van der Waals surface area contributed by atoms with Crippen LogP contribution in [0.2, 0.25) is 0 Å². The summed E-state index contributed by atoms with van der Waals surface area (Å²) in [5.74, 6) is 0. The lowest BCUT2D eigenvalue weighted by Gasteiger charge is -2.28. The molecule has 0 aliphatic rings. The highest BCUT2D eigenvalue weighted by Crippen LogP contribution is 2.48. The SMILES string of the molecule is c1ccc(N(c2ccc(-c3ccc4c(c3)oc3ccccc34)cc2)c2cccc3c2oc2ccccc23)c(-c2cccc3c2oc2c4ccccc4ccc32)c1. The van der Waals surface area contributed by atoms with Gasteiger partial charge in [-0.1, -0.05) is 133 Å². The third-order valence-electron chi connectivity index (χ3n) is 11.3. The van der Waals surface area contributed by atoms with Gasteiger partial charge in [-0.15, -0.1) is 0 Å². The maximum Gasteiger partial charge on any atom is 0.159 e. The lowest BCUT2D eigenvalue weighted by atomic mass is 9.98. The Kier molecular flexibility index (Phi) is 6.60. The normalized spacial score (nSPS) is 11.9. The quantitative estimate of drug-likeness (QED) is 0.178. The van der Waals surface area contributed by atoms with Crippen molar-refractivity contribution in [2.75, 3.05) is 4.90 Å². The Bertz CT molecular complexity index is 3490. The Morgan fingerprint density at radius 3 is 1.73 bits per heavy atom. The minimum Gasteiger partial charge on any atom is -0.456 e. The largest absolute Gasteiger partial charge is 0.456 e. The highest BCUT2D eigenvalue weighted by atomic mass is 16.3. The van der Waals surface area contributed by atoms with Gasteiger partial charge in [-0.05, 0) is 71.1 Å². The fourth-order valence-corrected chi connectivity index (χ4v) is 8.66. The van der Waals surface area contributed by atoms with Gasteiger partial charge in [-0.3, -0.25) is 0 Å². The minimum absolute atomic E-state index is 0.830. The van der Waals surface area contributed by atoms with Gasteiger partial charge in [-0.2, -0.15) is 0 Å². The molecular formula is C52H31NO3. The van der Waals surface area contributed by atoms with E-state index in [0.29, 0.717) is 0 Å². The van der Waals surface area contributed by atoms with E-state index in [1.54, 1.807) is 0 Å². The number of hydrogen-bond acceptors (Lipinski definition) is 4. The zero-order valence-corrected chi connectivity index (χ0v) is 30.1. The summed E-state index contributed by atoms with van der Waals surface area (Å²) in [5, 5.41) is 8.88. The molecule has 0 amide bonds. The van der Waals surface area contributed by atoms with E-state index in [4.69, 9.17) is 13.3 Å². The molecule has 9 aromatic carbocycles. The number of furan rings is 3. The molecule has 56 heavy (non-hydrogen) atoms. The molecule has 4 heteroatoms. The minimum atomic E-state index is 0.830. The van der Waals surface area contributed by atoms with Crippen LogP contribution < -0.4 is 4.90 Å². The van der Waals surface area contributed by atoms with Crippen LogP contribution >= 0.6 is 0 Å². The van der Waals surface area contributed by atoms with Gasteiger partial charge in [0.25, 0.3) is 0 Å². The average molecular weight is 718 g/mol. The fraction of sp³-hybridized carbons (Fsp3) is 0. The fourth-order valence-electron chi connectivity index (χ4n) is 8.66. The van der Waals surface area contributed by atoms with Crippen molar-refractivity contribution in [2.45, 2.75) is 0 Å². The zero-order chi connectivity index (χ0) is 36.7. The van der Waals surface area contributed by atoms with Crippen molar-refractivity contribution in [3.8, 4) is 22.3 Å². The summed E-state index contributed by atoms with van der Waals surface area (Å²) in [6.07, 6.45) is 0. The lowest BCUT2D eigenvalue weighted by molar-refractivity contribution is 0.668. The topological polar surface area (TPSA) is 42.7 Å². The number of benzene rings is 9. The lowest BCUT2D eigenvalue weighted by Crippen LogP contribution is -2.11. The molecular weight excluding hydrogens is 687 g/mol. The van der Waals surface area contributed by atoms with Crippen LogP contribution in [0.4, 0.5) is 17.1 Å². The van der Waals surface area contributed by atoms with Crippen LogP contribution in [0.25, 0.3) is 98.8 Å². The summed E-state index contributed by atoms with van der Waals surface area (Å²) in [5.41, 5.74) is 12.5. The van der Waals surface area contributed by atoms with Gasteiger partial charge >= 0.3 is 0 Å². The van der Waals surface area contributed by atoms with Crippen molar-refractivity contribution in [3.05, 3.63) is 188 Å². The molecule has 0 fully saturated rings. The average Bonchev–Trinajstić information content (AvgIpc) is 3.96. The van der Waals surface area contributed by atoms with E-state index >= 15 is 0 Å². The van der Waals surface area contributed by atoms with Crippen LogP contribution in [0, 0.1) is 0 Å². The standard InChI is InChI=1S/C52H31NO3/c1-2-12-36-33(11-1)25-30-44-43-17-9-16-41(51(43)56-50(36)44)37-13-3-6-19-45(37)53(46-20-10-18-42-39-15-5-8-22-48(39)55-52(42)46)35-27-23-32(24-28-35)34-26-29-40-38-14-4-7-21-47(38)54-49(40)31-34/h1-31H. The van der Waals surface area contributed by atoms with Crippen molar-refractivity contribution in [2.24, 2.45) is 0 Å². The molecule has 0 aliphatic heterocycles. The number of hydrogen-bond donors (Lipinski definition) is 0. The van der Waals surface area contributed by atoms with E-state index in [1.807, 2.05) is 24.3 Å². The van der Waals surface area contributed by atoms with Gasteiger partial charge in [0, 0.05) is 54.5 Å². The van der Waals surface area contributed by atoms with E-state index in [2.05, 4.69) is 169 Å². The van der Waals surface area contributed by atoms with Gasteiger partial charge in [-0.25, -0.2) is 0 Å². The molecule has 0 bridgehead atoms. The second-order valence-corrected chi connectivity index (χ2v) is 14.4. The van der Waals surface area contributed by atoms with Crippen LogP contribution in [0.3, 0.4) is 0 Å². The maximum absolute atomic E-state index is 6.88. The van der Waals surface area contributed by atoms with E-state index in [-0.39, 0.29) is 0 Å². The number of nitrogens with zero attached hydrogens (tertiary/aromatic N) is 1. The Morgan fingerprint density at radius 1 is 0.304 bits per heavy atom. The molecule has 3 heterocycles. The number of anilines is 3. The van der Waals surface area contributed by atoms with Crippen molar-refractivity contribution in [3.63, 3.8) is 0 Å². The predicted molar refractivity (Wildman–Crippen MR) is 231 cm³/mol. The van der Waals surface area contributed by atoms with Crippen LogP contribution in [0.5, 0.6) is 0 Å². The summed E-state index contributed by atoms with van der Waals surface area (Å²) in [6, 6.07) is 66.0. The van der Waals surface area contributed by atoms with E-state index in [0.717, 1.165) is 116 Å². The Morgan fingerprint density at radius 2 is 0.875 bits per heavy atom. The second-order valence-electron chi connectivity index (χ2n) is 14.4. The maximum atomic E-state index is 6.88. The van der Waals surface area contributed by atoms with E-state index in [1.165, 1.54) is 0 Å². The molecule has 0 saturated heterocycles. The van der Waals surface area contributed by atoms with Crippen LogP contribution in [0.15, 0.2) is 201 Å². The van der Waals surface area contributed by atoms with E-state index in [9.17, 15) is 0 Å². The number of para-hydroxylation sites is 5. The van der Waals surface area contributed by atoms with E-state index < -0.39 is 0 Å². The van der Waals surface area contributed by atoms with Crippen molar-refractivity contribution >= 4 is 93.7 Å². The zero-order valence-electron chi connectivity index (χ0n) is 30.1. The van der Waals surface area contributed by atoms with Gasteiger partial charge in [0.15, 0.2) is 5.58 Å². The summed E-state index contributed by atoms with van der Waals surface area (Å²) in [4.78, 5) is 2.32. The molecule has 12 aromatic rings. The monoisotopic (exact) mass is 717 g/mol. The smallest absolute Gasteiger partial charge is 0.159 e. The molecule has 0 aliphatic carbocycles. The molecule has 0 atom stereocenters. The summed E-state index contributed by atoms with van der Waals surface area (Å²) in [6.45, 7) is 0. The van der Waals surface area contributed by atoms with Gasteiger partial charge in [0.05, 0.1) is 11.4 Å². The summed E-state index contributed by atoms with van der Waals surface area (Å²) in [7, 11) is 0. The third kappa shape index (κ3) is 4.60. The van der Waals surface area contributed by atoms with Crippen molar-refractivity contribution in [1.29, 1.82) is 0 Å². The van der Waals surface area contributed by atoms with Crippen LogP contribution in [-0.2, 0) is 0 Å². The van der Waals surface area contributed by atoms with Crippen molar-refractivity contribution in [1.82, 2.24) is 0 Å². The highest BCUT2D eigenvalue weighted by molar-refractivity contribution is 6.18. The number of rotatable bonds is 5. The molecule has 0 N–H and O–H groups in total. The Balaban J connectivity index is 1.06. The third-order valence-corrected chi connectivity index (χ3v) is 11.3. The Labute approximate surface area is 321 Å². The summed E-state index contributed by atoms with van der Waals surface area (Å²) >= 11 is 0. The molecule has 0 radical (unpaired) electrons. The predicted octanol–water partition coefficient (Wildman–Crippen LogP) is 15.3. The van der Waals surface area contributed by atoms with Gasteiger partial charge in [0.1, 0.15) is 27.9 Å². The first-order chi connectivity index (χ1) is 27.8. The van der Waals surface area contributed by atoms with Gasteiger partial charge < -0.3 is 18.2 Å². The molecule has 0 unspecified atom stereocenters. The first-order valence-electron chi connectivity index (χ1n) is 18.9. The first kappa shape index (κ1) is 30.9. The Hall–Kier alpha value is -7.56. The number of fused-ring (bicyclic) bond motifs is 11. The molecule has 0 saturated carbocycles.